The smallest absolute Gasteiger partial charge is 0.263 e. The fourth-order valence-corrected chi connectivity index (χ4v) is 4.49. The first-order chi connectivity index (χ1) is 9.28. The standard InChI is InChI=1S/C13H10Br2FNO2S/c1-8-4-10(16)7-11(5-8)17-20(18,19)13-3-2-9(14)6-12(13)15/h2-7,17H,1H3. The molecule has 0 unspecified atom stereocenters. The van der Waals surface area contributed by atoms with E-state index in [1.54, 1.807) is 25.1 Å². The molecule has 3 nitrogen and oxygen atoms in total. The third kappa shape index (κ3) is 3.59. The second-order valence-corrected chi connectivity index (χ2v) is 7.62. The van der Waals surface area contributed by atoms with Crippen molar-refractivity contribution < 1.29 is 12.8 Å². The molecule has 0 fully saturated rings. The van der Waals surface area contributed by atoms with E-state index >= 15 is 0 Å². The number of sulfonamides is 1. The lowest BCUT2D eigenvalue weighted by Gasteiger charge is -2.10. The van der Waals surface area contributed by atoms with Crippen molar-refractivity contribution in [3.63, 3.8) is 0 Å². The Balaban J connectivity index is 2.40. The van der Waals surface area contributed by atoms with E-state index in [2.05, 4.69) is 36.6 Å². The number of nitrogens with one attached hydrogen (secondary N) is 1. The number of rotatable bonds is 3. The van der Waals surface area contributed by atoms with Gasteiger partial charge in [-0.3, -0.25) is 4.72 Å². The van der Waals surface area contributed by atoms with Gasteiger partial charge in [0.2, 0.25) is 0 Å². The number of benzene rings is 2. The van der Waals surface area contributed by atoms with E-state index in [9.17, 15) is 12.8 Å². The molecular weight excluding hydrogens is 413 g/mol. The average Bonchev–Trinajstić information content (AvgIpc) is 2.25. The SMILES string of the molecule is Cc1cc(F)cc(NS(=O)(=O)c2ccc(Br)cc2Br)c1. The molecular formula is C13H10Br2FNO2S. The van der Waals surface area contributed by atoms with Crippen LogP contribution in [0.1, 0.15) is 5.56 Å². The van der Waals surface area contributed by atoms with Crippen molar-refractivity contribution in [1.82, 2.24) is 0 Å². The second kappa shape index (κ2) is 5.83. The van der Waals surface area contributed by atoms with E-state index in [1.165, 1.54) is 12.1 Å². The molecule has 0 heterocycles. The Morgan fingerprint density at radius 1 is 1.10 bits per heavy atom. The van der Waals surface area contributed by atoms with Crippen LogP contribution in [-0.2, 0) is 10.0 Å². The molecule has 0 atom stereocenters. The maximum atomic E-state index is 13.3. The van der Waals surface area contributed by atoms with Crippen LogP contribution in [0.25, 0.3) is 0 Å². The zero-order chi connectivity index (χ0) is 14.9. The Bertz CT molecular complexity index is 743. The van der Waals surface area contributed by atoms with Gasteiger partial charge in [0.25, 0.3) is 10.0 Å². The summed E-state index contributed by atoms with van der Waals surface area (Å²) in [6, 6.07) is 8.74. The first-order valence-electron chi connectivity index (χ1n) is 5.53. The van der Waals surface area contributed by atoms with Gasteiger partial charge in [0, 0.05) is 8.95 Å². The normalized spacial score (nSPS) is 11.4. The molecule has 0 aliphatic carbocycles. The average molecular weight is 423 g/mol. The molecule has 7 heteroatoms. The summed E-state index contributed by atoms with van der Waals surface area (Å²) in [6.45, 7) is 1.69. The van der Waals surface area contributed by atoms with Crippen molar-refractivity contribution in [3.05, 3.63) is 56.7 Å². The third-order valence-electron chi connectivity index (χ3n) is 2.48. The van der Waals surface area contributed by atoms with E-state index in [1.807, 2.05) is 0 Å². The molecule has 2 rings (SSSR count). The van der Waals surface area contributed by atoms with Gasteiger partial charge in [-0.2, -0.15) is 0 Å². The number of halogens is 3. The van der Waals surface area contributed by atoms with E-state index in [0.29, 0.717) is 10.0 Å². The highest BCUT2D eigenvalue weighted by Crippen LogP contribution is 2.27. The van der Waals surface area contributed by atoms with Gasteiger partial charge in [0.05, 0.1) is 5.69 Å². The van der Waals surface area contributed by atoms with Gasteiger partial charge in [-0.15, -0.1) is 0 Å². The molecule has 0 aliphatic heterocycles. The molecule has 0 bridgehead atoms. The minimum atomic E-state index is -3.78. The van der Waals surface area contributed by atoms with E-state index < -0.39 is 15.8 Å². The summed E-state index contributed by atoms with van der Waals surface area (Å²) in [7, 11) is -3.78. The molecule has 1 N–H and O–H groups in total. The van der Waals surface area contributed by atoms with Crippen LogP contribution in [0.15, 0.2) is 50.2 Å². The topological polar surface area (TPSA) is 46.2 Å². The fourth-order valence-electron chi connectivity index (χ4n) is 1.70. The van der Waals surface area contributed by atoms with Crippen molar-refractivity contribution in [2.24, 2.45) is 0 Å². The maximum Gasteiger partial charge on any atom is 0.263 e. The van der Waals surface area contributed by atoms with Gasteiger partial charge in [-0.1, -0.05) is 15.9 Å². The predicted octanol–water partition coefficient (Wildman–Crippen LogP) is 4.46. The number of hydrogen-bond donors (Lipinski definition) is 1. The minimum absolute atomic E-state index is 0.0858. The highest BCUT2D eigenvalue weighted by molar-refractivity contribution is 9.11. The third-order valence-corrected chi connectivity index (χ3v) is 5.33. The quantitative estimate of drug-likeness (QED) is 0.793. The largest absolute Gasteiger partial charge is 0.279 e. The lowest BCUT2D eigenvalue weighted by Crippen LogP contribution is -2.13. The highest BCUT2D eigenvalue weighted by Gasteiger charge is 2.18. The van der Waals surface area contributed by atoms with Crippen molar-refractivity contribution in [3.8, 4) is 0 Å². The van der Waals surface area contributed by atoms with Crippen LogP contribution in [0.4, 0.5) is 10.1 Å². The maximum absolute atomic E-state index is 13.3. The number of hydrogen-bond acceptors (Lipinski definition) is 2. The molecule has 106 valence electrons. The summed E-state index contributed by atoms with van der Waals surface area (Å²) in [5.74, 6) is -0.488. The molecule has 2 aromatic carbocycles. The van der Waals surface area contributed by atoms with E-state index in [4.69, 9.17) is 0 Å². The molecule has 0 aromatic heterocycles. The minimum Gasteiger partial charge on any atom is -0.279 e. The Hall–Kier alpha value is -0.920. The lowest BCUT2D eigenvalue weighted by molar-refractivity contribution is 0.600. The number of anilines is 1. The van der Waals surface area contributed by atoms with Gasteiger partial charge >= 0.3 is 0 Å². The molecule has 2 aromatic rings. The Kier molecular flexibility index (Phi) is 4.51. The van der Waals surface area contributed by atoms with Gasteiger partial charge < -0.3 is 0 Å². The highest BCUT2D eigenvalue weighted by atomic mass is 79.9. The van der Waals surface area contributed by atoms with Crippen LogP contribution in [0.2, 0.25) is 0 Å². The van der Waals surface area contributed by atoms with Crippen LogP contribution < -0.4 is 4.72 Å². The van der Waals surface area contributed by atoms with E-state index in [0.717, 1.165) is 10.5 Å². The Morgan fingerprint density at radius 2 is 1.80 bits per heavy atom. The Labute approximate surface area is 133 Å². The fraction of sp³-hybridized carbons (Fsp3) is 0.0769. The van der Waals surface area contributed by atoms with Gasteiger partial charge in [-0.05, 0) is 64.8 Å². The predicted molar refractivity (Wildman–Crippen MR) is 83.8 cm³/mol. The molecule has 20 heavy (non-hydrogen) atoms. The van der Waals surface area contributed by atoms with Crippen LogP contribution >= 0.6 is 31.9 Å². The van der Waals surface area contributed by atoms with Crippen molar-refractivity contribution in [2.45, 2.75) is 11.8 Å². The second-order valence-electron chi connectivity index (χ2n) is 4.20. The molecule has 0 amide bonds. The summed E-state index contributed by atoms with van der Waals surface area (Å²) in [5, 5.41) is 0. The monoisotopic (exact) mass is 421 g/mol. The van der Waals surface area contributed by atoms with Gasteiger partial charge in [-0.25, -0.2) is 12.8 Å². The lowest BCUT2D eigenvalue weighted by atomic mass is 10.2. The van der Waals surface area contributed by atoms with Gasteiger partial charge in [0.1, 0.15) is 10.7 Å². The number of aryl methyl sites for hydroxylation is 1. The zero-order valence-electron chi connectivity index (χ0n) is 10.3. The summed E-state index contributed by atoms with van der Waals surface area (Å²) >= 11 is 6.46. The molecule has 0 saturated carbocycles. The van der Waals surface area contributed by atoms with Crippen molar-refractivity contribution in [1.29, 1.82) is 0 Å². The van der Waals surface area contributed by atoms with Crippen LogP contribution in [0.3, 0.4) is 0 Å². The Morgan fingerprint density at radius 3 is 2.40 bits per heavy atom. The first-order valence-corrected chi connectivity index (χ1v) is 8.60. The van der Waals surface area contributed by atoms with E-state index in [-0.39, 0.29) is 10.6 Å². The van der Waals surface area contributed by atoms with Gasteiger partial charge in [0.15, 0.2) is 0 Å². The first kappa shape index (κ1) is 15.5. The van der Waals surface area contributed by atoms with Crippen molar-refractivity contribution in [2.75, 3.05) is 4.72 Å². The summed E-state index contributed by atoms with van der Waals surface area (Å²) in [6.07, 6.45) is 0. The molecule has 0 aliphatic rings. The van der Waals surface area contributed by atoms with Crippen LogP contribution in [0.5, 0.6) is 0 Å². The summed E-state index contributed by atoms with van der Waals surface area (Å²) in [4.78, 5) is 0.0858. The van der Waals surface area contributed by atoms with Crippen LogP contribution in [0, 0.1) is 12.7 Å². The van der Waals surface area contributed by atoms with Crippen molar-refractivity contribution >= 4 is 47.6 Å². The summed E-state index contributed by atoms with van der Waals surface area (Å²) < 4.78 is 41.4. The zero-order valence-corrected chi connectivity index (χ0v) is 14.3. The van der Waals surface area contributed by atoms with Crippen LogP contribution in [-0.4, -0.2) is 8.42 Å². The summed E-state index contributed by atoms with van der Waals surface area (Å²) in [5.41, 5.74) is 0.829. The molecule has 0 radical (unpaired) electrons. The molecule has 0 spiro atoms. The molecule has 0 saturated heterocycles.